The maximum atomic E-state index is 4.65. The number of aryl methyl sites for hydroxylation is 1. The number of pyridine rings is 2. The summed E-state index contributed by atoms with van der Waals surface area (Å²) in [4.78, 5) is 16.9. The molecule has 0 atom stereocenters. The second kappa shape index (κ2) is 8.76. The van der Waals surface area contributed by atoms with Gasteiger partial charge in [0, 0.05) is 58.0 Å². The Kier molecular flexibility index (Phi) is 5.63. The lowest BCUT2D eigenvalue weighted by molar-refractivity contribution is 1.06. The van der Waals surface area contributed by atoms with E-state index in [-0.39, 0.29) is 0 Å². The minimum atomic E-state index is 0.843. The molecule has 5 aromatic heterocycles. The normalized spacial score (nSPS) is 12.6. The van der Waals surface area contributed by atoms with Crippen LogP contribution in [0.4, 0.5) is 5.69 Å². The predicted molar refractivity (Wildman–Crippen MR) is 143 cm³/mol. The van der Waals surface area contributed by atoms with Crippen molar-refractivity contribution >= 4 is 45.7 Å². The highest BCUT2D eigenvalue weighted by Crippen LogP contribution is 2.34. The van der Waals surface area contributed by atoms with E-state index in [0.717, 1.165) is 55.2 Å². The molecule has 0 radical (unpaired) electrons. The molecular formula is C27H26N6S. The number of hydrogen-bond donors (Lipinski definition) is 2. The summed E-state index contributed by atoms with van der Waals surface area (Å²) >= 11 is 1.77. The average molecular weight is 467 g/mol. The number of aromatic nitrogens is 5. The average Bonchev–Trinajstić information content (AvgIpc) is 3.56. The summed E-state index contributed by atoms with van der Waals surface area (Å²) in [6, 6.07) is 8.54. The van der Waals surface area contributed by atoms with Crippen LogP contribution in [0.3, 0.4) is 0 Å². The van der Waals surface area contributed by atoms with E-state index >= 15 is 0 Å². The summed E-state index contributed by atoms with van der Waals surface area (Å²) in [5.41, 5.74) is 6.75. The highest BCUT2D eigenvalue weighted by Gasteiger charge is 2.14. The van der Waals surface area contributed by atoms with Gasteiger partial charge in [-0.15, -0.1) is 11.3 Å². The summed E-state index contributed by atoms with van der Waals surface area (Å²) in [6.07, 6.45) is 11.6. The smallest absolute Gasteiger partial charge is 0.116 e. The van der Waals surface area contributed by atoms with Crippen molar-refractivity contribution in [1.29, 1.82) is 0 Å². The lowest BCUT2D eigenvalue weighted by Gasteiger charge is -2.12. The van der Waals surface area contributed by atoms with Crippen LogP contribution in [0.25, 0.3) is 50.5 Å². The molecule has 7 heteroatoms. The van der Waals surface area contributed by atoms with Crippen molar-refractivity contribution in [2.24, 2.45) is 0 Å². The summed E-state index contributed by atoms with van der Waals surface area (Å²) in [6.45, 7) is 8.44. The number of rotatable bonds is 5. The van der Waals surface area contributed by atoms with Gasteiger partial charge in [0.05, 0.1) is 34.6 Å². The molecule has 0 aromatic carbocycles. The van der Waals surface area contributed by atoms with Gasteiger partial charge in [-0.1, -0.05) is 12.7 Å². The van der Waals surface area contributed by atoms with Crippen LogP contribution in [0.15, 0.2) is 55.6 Å². The first-order valence-corrected chi connectivity index (χ1v) is 11.8. The van der Waals surface area contributed by atoms with Gasteiger partial charge in [-0.3, -0.25) is 15.1 Å². The zero-order valence-corrected chi connectivity index (χ0v) is 20.5. The van der Waals surface area contributed by atoms with Crippen LogP contribution in [-0.2, 0) is 0 Å². The number of anilines is 1. The lowest BCUT2D eigenvalue weighted by atomic mass is 10.1. The fourth-order valence-electron chi connectivity index (χ4n) is 4.00. The van der Waals surface area contributed by atoms with Gasteiger partial charge < -0.3 is 9.88 Å². The molecule has 5 heterocycles. The fraction of sp³-hybridized carbons (Fsp3) is 0.148. The summed E-state index contributed by atoms with van der Waals surface area (Å²) in [5, 5.41) is 10.9. The van der Waals surface area contributed by atoms with E-state index in [0.29, 0.717) is 0 Å². The third-order valence-corrected chi connectivity index (χ3v) is 6.89. The Hall–Kier alpha value is -3.97. The molecule has 0 saturated carbocycles. The van der Waals surface area contributed by atoms with Gasteiger partial charge in [-0.2, -0.15) is 5.10 Å². The van der Waals surface area contributed by atoms with Crippen molar-refractivity contribution in [3.8, 4) is 21.8 Å². The van der Waals surface area contributed by atoms with Crippen LogP contribution in [0.2, 0.25) is 0 Å². The van der Waals surface area contributed by atoms with E-state index in [1.807, 2.05) is 56.8 Å². The Morgan fingerprint density at radius 3 is 2.65 bits per heavy atom. The van der Waals surface area contributed by atoms with Crippen molar-refractivity contribution < 1.29 is 0 Å². The Labute approximate surface area is 202 Å². The molecule has 0 aliphatic carbocycles. The number of hydrogen-bond acceptors (Lipinski definition) is 5. The molecule has 0 bridgehead atoms. The minimum absolute atomic E-state index is 0.843. The van der Waals surface area contributed by atoms with E-state index in [1.165, 1.54) is 9.75 Å². The van der Waals surface area contributed by atoms with Gasteiger partial charge in [0.1, 0.15) is 5.69 Å². The first-order chi connectivity index (χ1) is 16.4. The van der Waals surface area contributed by atoms with Gasteiger partial charge in [-0.05, 0) is 49.8 Å². The summed E-state index contributed by atoms with van der Waals surface area (Å²) < 4.78 is 0. The van der Waals surface area contributed by atoms with Gasteiger partial charge in [0.25, 0.3) is 0 Å². The number of fused-ring (bicyclic) bond motifs is 1. The van der Waals surface area contributed by atoms with Crippen LogP contribution < -0.4 is 15.5 Å². The third-order valence-electron chi connectivity index (χ3n) is 5.86. The molecule has 5 aromatic rings. The molecule has 2 N–H and O–H groups in total. The minimum Gasteiger partial charge on any atom is -0.376 e. The van der Waals surface area contributed by atoms with Gasteiger partial charge in [0.15, 0.2) is 0 Å². The Morgan fingerprint density at radius 1 is 1.09 bits per heavy atom. The second-order valence-electron chi connectivity index (χ2n) is 8.43. The van der Waals surface area contributed by atoms with Crippen molar-refractivity contribution in [3.05, 3.63) is 76.6 Å². The van der Waals surface area contributed by atoms with Crippen molar-refractivity contribution in [2.45, 2.75) is 13.8 Å². The van der Waals surface area contributed by atoms with E-state index in [1.54, 1.807) is 11.3 Å². The zero-order chi connectivity index (χ0) is 23.8. The highest BCUT2D eigenvalue weighted by molar-refractivity contribution is 7.15. The summed E-state index contributed by atoms with van der Waals surface area (Å²) in [5.74, 6) is 0. The highest BCUT2D eigenvalue weighted by atomic mass is 32.1. The van der Waals surface area contributed by atoms with Crippen LogP contribution in [0.1, 0.15) is 17.4 Å². The molecule has 0 fully saturated rings. The Morgan fingerprint density at radius 2 is 1.91 bits per heavy atom. The molecule has 5 rings (SSSR count). The Bertz CT molecular complexity index is 1630. The van der Waals surface area contributed by atoms with E-state index in [9.17, 15) is 0 Å². The van der Waals surface area contributed by atoms with Crippen LogP contribution in [0, 0.1) is 6.92 Å². The molecule has 34 heavy (non-hydrogen) atoms. The van der Waals surface area contributed by atoms with E-state index < -0.39 is 0 Å². The number of thiophene rings is 1. The molecule has 0 amide bonds. The topological polar surface area (TPSA) is 73.5 Å². The fourth-order valence-corrected chi connectivity index (χ4v) is 4.89. The SMILES string of the molecule is C=C(/C=c1/c(-c2cc3c(-c4ccc(C)s4)cncc3[nH]2)n[nH]/c1=C/C)c1cncc(N(C)C)c1. The van der Waals surface area contributed by atoms with Crippen LogP contribution in [-0.4, -0.2) is 39.2 Å². The second-order valence-corrected chi connectivity index (χ2v) is 9.71. The lowest BCUT2D eigenvalue weighted by Crippen LogP contribution is -2.23. The van der Waals surface area contributed by atoms with Crippen LogP contribution in [0.5, 0.6) is 0 Å². The number of nitrogens with zero attached hydrogens (tertiary/aromatic N) is 4. The number of nitrogens with one attached hydrogen (secondary N) is 2. The number of H-pyrrole nitrogens is 2. The quantitative estimate of drug-likeness (QED) is 0.392. The monoisotopic (exact) mass is 466 g/mol. The maximum absolute atomic E-state index is 4.65. The molecule has 0 spiro atoms. The number of allylic oxidation sites excluding steroid dienone is 1. The zero-order valence-electron chi connectivity index (χ0n) is 19.7. The van der Waals surface area contributed by atoms with E-state index in [4.69, 9.17) is 0 Å². The first kappa shape index (κ1) is 21.9. The molecule has 0 aliphatic rings. The predicted octanol–water partition coefficient (Wildman–Crippen LogP) is 4.75. The van der Waals surface area contributed by atoms with Crippen LogP contribution >= 0.6 is 11.3 Å². The standard InChI is InChI=1S/C27H26N6S/c1-6-23-21(9-16(2)18-10-19(33(4)5)13-28-12-18)27(32-31-23)24-11-20-22(14-29-15-25(20)30-24)26-8-7-17(3)34-26/h6-15,30-31H,2H2,1,3-5H3/b21-9+,23-6+. The van der Waals surface area contributed by atoms with E-state index in [2.05, 4.69) is 69.0 Å². The maximum Gasteiger partial charge on any atom is 0.116 e. The molecule has 6 nitrogen and oxygen atoms in total. The molecule has 0 saturated heterocycles. The molecule has 0 aliphatic heterocycles. The first-order valence-electron chi connectivity index (χ1n) is 11.0. The van der Waals surface area contributed by atoms with Gasteiger partial charge in [-0.25, -0.2) is 0 Å². The third kappa shape index (κ3) is 3.95. The van der Waals surface area contributed by atoms with Crippen molar-refractivity contribution in [3.63, 3.8) is 0 Å². The molecular weight excluding hydrogens is 440 g/mol. The number of aromatic amines is 2. The summed E-state index contributed by atoms with van der Waals surface area (Å²) in [7, 11) is 4.00. The molecule has 170 valence electrons. The van der Waals surface area contributed by atoms with Gasteiger partial charge >= 0.3 is 0 Å². The van der Waals surface area contributed by atoms with Crippen molar-refractivity contribution in [2.75, 3.05) is 19.0 Å². The van der Waals surface area contributed by atoms with Crippen molar-refractivity contribution in [1.82, 2.24) is 25.1 Å². The van der Waals surface area contributed by atoms with Gasteiger partial charge in [0.2, 0.25) is 0 Å². The molecule has 0 unspecified atom stereocenters. The largest absolute Gasteiger partial charge is 0.376 e. The Balaban J connectivity index is 1.64.